The van der Waals surface area contributed by atoms with Crippen LogP contribution in [0.1, 0.15) is 41.0 Å². The summed E-state index contributed by atoms with van der Waals surface area (Å²) in [6.07, 6.45) is 0.785. The molecule has 0 aromatic carbocycles. The van der Waals surface area contributed by atoms with Crippen LogP contribution in [0.15, 0.2) is 0 Å². The van der Waals surface area contributed by atoms with E-state index in [0.29, 0.717) is 26.3 Å². The van der Waals surface area contributed by atoms with E-state index in [1.54, 1.807) is 4.90 Å². The highest BCUT2D eigenvalue weighted by atomic mass is 16.6. The molecule has 122 valence electrons. The topological polar surface area (TPSA) is 67.9 Å². The average Bonchev–Trinajstić information content (AvgIpc) is 2.42. The Balaban J connectivity index is 2.69. The summed E-state index contributed by atoms with van der Waals surface area (Å²) in [5.41, 5.74) is -0.563. The molecule has 1 saturated heterocycles. The molecule has 2 amide bonds. The van der Waals surface area contributed by atoms with E-state index in [1.807, 2.05) is 34.6 Å². The lowest BCUT2D eigenvalue weighted by Crippen LogP contribution is -2.54. The zero-order valence-corrected chi connectivity index (χ0v) is 13.8. The predicted octanol–water partition coefficient (Wildman–Crippen LogP) is 1.78. The minimum absolute atomic E-state index is 0.0184. The van der Waals surface area contributed by atoms with Gasteiger partial charge in [0.2, 0.25) is 0 Å². The molecule has 1 rings (SSSR count). The van der Waals surface area contributed by atoms with Crippen molar-refractivity contribution >= 4 is 12.0 Å². The number of morpholine rings is 1. The van der Waals surface area contributed by atoms with Crippen LogP contribution in [0.4, 0.5) is 4.79 Å². The molecule has 0 radical (unpaired) electrons. The number of carbonyl (C=O) groups is 2. The fraction of sp³-hybridized carbons (Fsp3) is 0.867. The van der Waals surface area contributed by atoms with E-state index in [0.717, 1.165) is 6.42 Å². The maximum atomic E-state index is 12.3. The van der Waals surface area contributed by atoms with Crippen LogP contribution in [0.5, 0.6) is 0 Å². The number of nitrogens with one attached hydrogen (secondary N) is 1. The molecule has 6 nitrogen and oxygen atoms in total. The van der Waals surface area contributed by atoms with Gasteiger partial charge in [0.15, 0.2) is 0 Å². The summed E-state index contributed by atoms with van der Waals surface area (Å²) in [6, 6.07) is -0.848. The van der Waals surface area contributed by atoms with E-state index in [1.165, 1.54) is 0 Å². The number of ether oxygens (including phenoxy) is 2. The summed E-state index contributed by atoms with van der Waals surface area (Å²) in [5, 5.41) is 2.82. The van der Waals surface area contributed by atoms with E-state index in [9.17, 15) is 9.59 Å². The van der Waals surface area contributed by atoms with Crippen molar-refractivity contribution in [1.82, 2.24) is 10.2 Å². The van der Waals surface area contributed by atoms with Crippen LogP contribution in [-0.4, -0.2) is 54.8 Å². The second-order valence-electron chi connectivity index (χ2n) is 6.45. The Labute approximate surface area is 127 Å². The molecule has 0 saturated carbocycles. The van der Waals surface area contributed by atoms with Crippen molar-refractivity contribution in [3.8, 4) is 0 Å². The minimum atomic E-state index is -0.621. The summed E-state index contributed by atoms with van der Waals surface area (Å²) in [6.45, 7) is 11.6. The third-order valence-corrected chi connectivity index (χ3v) is 3.45. The highest BCUT2D eigenvalue weighted by molar-refractivity contribution is 5.84. The van der Waals surface area contributed by atoms with Gasteiger partial charge in [0.05, 0.1) is 13.2 Å². The Morgan fingerprint density at radius 3 is 2.33 bits per heavy atom. The van der Waals surface area contributed by atoms with Gasteiger partial charge in [-0.15, -0.1) is 0 Å². The van der Waals surface area contributed by atoms with Gasteiger partial charge in [-0.1, -0.05) is 20.3 Å². The number of nitrogens with zero attached hydrogens (tertiary/aromatic N) is 1. The molecule has 0 aromatic rings. The van der Waals surface area contributed by atoms with Crippen molar-refractivity contribution in [2.45, 2.75) is 52.7 Å². The molecule has 0 aromatic heterocycles. The van der Waals surface area contributed by atoms with Crippen LogP contribution < -0.4 is 5.32 Å². The third-order valence-electron chi connectivity index (χ3n) is 3.45. The Morgan fingerprint density at radius 2 is 1.86 bits per heavy atom. The minimum Gasteiger partial charge on any atom is -0.458 e. The van der Waals surface area contributed by atoms with Gasteiger partial charge in [0, 0.05) is 13.1 Å². The maximum absolute atomic E-state index is 12.3. The first-order valence-electron chi connectivity index (χ1n) is 7.60. The second-order valence-corrected chi connectivity index (χ2v) is 6.45. The van der Waals surface area contributed by atoms with Gasteiger partial charge >= 0.3 is 12.0 Å². The largest absolute Gasteiger partial charge is 0.458 e. The molecule has 0 bridgehead atoms. The van der Waals surface area contributed by atoms with E-state index >= 15 is 0 Å². The van der Waals surface area contributed by atoms with E-state index in [-0.39, 0.29) is 17.9 Å². The maximum Gasteiger partial charge on any atom is 0.329 e. The predicted molar refractivity (Wildman–Crippen MR) is 80.0 cm³/mol. The highest BCUT2D eigenvalue weighted by Gasteiger charge is 2.32. The molecule has 6 heteroatoms. The smallest absolute Gasteiger partial charge is 0.329 e. The Hall–Kier alpha value is -1.30. The first-order chi connectivity index (χ1) is 9.74. The molecule has 1 fully saturated rings. The second kappa shape index (κ2) is 7.64. The fourth-order valence-electron chi connectivity index (χ4n) is 2.03. The molecular formula is C15H28N2O4. The summed E-state index contributed by atoms with van der Waals surface area (Å²) in [5.74, 6) is -0.358. The number of hydrogen-bond acceptors (Lipinski definition) is 4. The van der Waals surface area contributed by atoms with Crippen LogP contribution in [0, 0.1) is 5.92 Å². The normalized spacial score (nSPS) is 18.8. The van der Waals surface area contributed by atoms with Crippen LogP contribution in [0.25, 0.3) is 0 Å². The van der Waals surface area contributed by atoms with Gasteiger partial charge in [0.1, 0.15) is 11.6 Å². The Bertz CT molecular complexity index is 359. The zero-order valence-electron chi connectivity index (χ0n) is 13.8. The molecule has 0 unspecified atom stereocenters. The van der Waals surface area contributed by atoms with E-state index in [2.05, 4.69) is 5.32 Å². The Morgan fingerprint density at radius 1 is 1.29 bits per heavy atom. The van der Waals surface area contributed by atoms with Crippen LogP contribution in [0.3, 0.4) is 0 Å². The van der Waals surface area contributed by atoms with Crippen LogP contribution in [0.2, 0.25) is 0 Å². The van der Waals surface area contributed by atoms with Gasteiger partial charge in [0.25, 0.3) is 0 Å². The molecule has 1 N–H and O–H groups in total. The van der Waals surface area contributed by atoms with Crippen molar-refractivity contribution in [2.75, 3.05) is 26.3 Å². The van der Waals surface area contributed by atoms with Crippen molar-refractivity contribution in [3.63, 3.8) is 0 Å². The van der Waals surface area contributed by atoms with Gasteiger partial charge in [-0.25, -0.2) is 9.59 Å². The number of carbonyl (C=O) groups excluding carboxylic acids is 2. The van der Waals surface area contributed by atoms with Crippen LogP contribution in [-0.2, 0) is 14.3 Å². The van der Waals surface area contributed by atoms with E-state index < -0.39 is 11.6 Å². The number of esters is 1. The first kappa shape index (κ1) is 17.8. The lowest BCUT2D eigenvalue weighted by atomic mass is 9.99. The summed E-state index contributed by atoms with van der Waals surface area (Å²) in [4.78, 5) is 26.2. The van der Waals surface area contributed by atoms with Crippen molar-refractivity contribution in [2.24, 2.45) is 5.92 Å². The van der Waals surface area contributed by atoms with Crippen molar-refractivity contribution in [1.29, 1.82) is 0 Å². The number of urea groups is 1. The standard InChI is InChI=1S/C15H28N2O4/c1-6-11(2)12(13(18)21-15(3,4)5)16-14(19)17-7-9-20-10-8-17/h11-12H,6-10H2,1-5H3,(H,16,19)/t11-,12-/m0/s1. The summed E-state index contributed by atoms with van der Waals surface area (Å²) < 4.78 is 10.6. The monoisotopic (exact) mass is 300 g/mol. The molecule has 21 heavy (non-hydrogen) atoms. The van der Waals surface area contributed by atoms with Crippen LogP contribution >= 0.6 is 0 Å². The molecule has 2 atom stereocenters. The molecule has 0 spiro atoms. The molecular weight excluding hydrogens is 272 g/mol. The quantitative estimate of drug-likeness (QED) is 0.804. The fourth-order valence-corrected chi connectivity index (χ4v) is 2.03. The molecule has 1 aliphatic heterocycles. The number of amides is 2. The number of hydrogen-bond donors (Lipinski definition) is 1. The highest BCUT2D eigenvalue weighted by Crippen LogP contribution is 2.15. The Kier molecular flexibility index (Phi) is 6.45. The molecule has 0 aliphatic carbocycles. The SMILES string of the molecule is CC[C@H](C)[C@H](NC(=O)N1CCOCC1)C(=O)OC(C)(C)C. The van der Waals surface area contributed by atoms with Crippen molar-refractivity contribution < 1.29 is 19.1 Å². The third kappa shape index (κ3) is 5.91. The van der Waals surface area contributed by atoms with E-state index in [4.69, 9.17) is 9.47 Å². The summed E-state index contributed by atoms with van der Waals surface area (Å²) >= 11 is 0. The summed E-state index contributed by atoms with van der Waals surface area (Å²) in [7, 11) is 0. The first-order valence-corrected chi connectivity index (χ1v) is 7.60. The lowest BCUT2D eigenvalue weighted by Gasteiger charge is -2.31. The molecule has 1 heterocycles. The van der Waals surface area contributed by atoms with Gasteiger partial charge in [-0.2, -0.15) is 0 Å². The van der Waals surface area contributed by atoms with Gasteiger partial charge in [-0.3, -0.25) is 0 Å². The van der Waals surface area contributed by atoms with Gasteiger partial charge < -0.3 is 19.7 Å². The molecule has 1 aliphatic rings. The average molecular weight is 300 g/mol. The zero-order chi connectivity index (χ0) is 16.0. The number of rotatable bonds is 4. The lowest BCUT2D eigenvalue weighted by molar-refractivity contribution is -0.158. The van der Waals surface area contributed by atoms with Gasteiger partial charge in [-0.05, 0) is 26.7 Å². The van der Waals surface area contributed by atoms with Crippen molar-refractivity contribution in [3.05, 3.63) is 0 Å².